The summed E-state index contributed by atoms with van der Waals surface area (Å²) >= 11 is 38.0. The average molecular weight is 2340 g/mol. The number of ether oxygens (including phenoxy) is 7. The molecule has 0 bridgehead atoms. The second kappa shape index (κ2) is 44.4. The Bertz CT molecular complexity index is 7800. The lowest BCUT2D eigenvalue weighted by molar-refractivity contribution is -0.221. The summed E-state index contributed by atoms with van der Waals surface area (Å²) in [5.74, 6) is -1.17. The molecule has 17 heterocycles. The first-order valence-electron chi connectivity index (χ1n) is 44.1. The number of nitrogens with one attached hydrogen (secondary N) is 6. The van der Waals surface area contributed by atoms with Gasteiger partial charge in [0, 0.05) is 99.1 Å². The van der Waals surface area contributed by atoms with Crippen LogP contribution >= 0.6 is 47.1 Å². The molecule has 14 N–H and O–H groups in total. The number of fused-ring (bicyclic) bond motifs is 3. The summed E-state index contributed by atoms with van der Waals surface area (Å²) in [6.07, 6.45) is -23.5. The van der Waals surface area contributed by atoms with Gasteiger partial charge in [0.25, 0.3) is 33.4 Å². The molecule has 0 spiro atoms. The van der Waals surface area contributed by atoms with Crippen molar-refractivity contribution in [3.05, 3.63) is 170 Å². The minimum Gasteiger partial charge on any atom is -0.780 e. The van der Waals surface area contributed by atoms with E-state index in [1.807, 2.05) is 0 Å². The number of nitrogen functional groups attached to an aromatic ring is 4. The molecule has 62 nitrogen and oxygen atoms in total. The predicted octanol–water partition coefficient (Wildman–Crippen LogP) is -4.12. The maximum absolute atomic E-state index is 15.1. The van der Waals surface area contributed by atoms with Gasteiger partial charge in [0.2, 0.25) is 17.8 Å². The third-order valence-electron chi connectivity index (χ3n) is 24.3. The number of aromatic nitrogens is 20. The molecule has 7 saturated heterocycles. The minimum atomic E-state index is -5.10. The highest BCUT2D eigenvalue weighted by Crippen LogP contribution is 2.57. The Kier molecular flexibility index (Phi) is 33.5. The smallest absolute Gasteiger partial charge is 0.351 e. The van der Waals surface area contributed by atoms with Crippen LogP contribution < -0.4 is 108 Å². The van der Waals surface area contributed by atoms with E-state index in [1.165, 1.54) is 46.9 Å². The van der Waals surface area contributed by atoms with Gasteiger partial charge >= 0.3 is 22.8 Å². The topological polar surface area (TPSA) is 844 Å². The molecule has 7 fully saturated rings. The Labute approximate surface area is 863 Å². The van der Waals surface area contributed by atoms with E-state index in [0.717, 1.165) is 56.8 Å². The SMILES string of the molecule is CC[C@H]1O[C@@H](n2cc(C)c(=O)[nH]c2=O)CC1OP([O-])(=S)OC[C@H]1O[C@@H](n2cc(C)c(=O)[nH]c2=O)CC1OP(=O)([S-])OC[C@H]1O[C@@H](n2cnc3c(=O)[nH]c(N)nc32)CC1OP([O-])(=S)OC[C@H]1O[C@@H](n2cnc3c(=O)[nH]c(N)nc32)CC1OP([O-])(=S)OC[C@H]1O[C@@H](n2cc(C)c(=O)[nH]c2=O)CC1OP([O-])(=S)OC[C@H]1O[C@@H](n2cnc3c(=O)[nH]c(N)nc32)CC1OP([O-])(=S)OC[C@H]1O[C@@H](n2cc(C)c(N)nc2=O)CC1OP([O-])(=S)OC. The molecule has 0 aromatic carbocycles. The van der Waals surface area contributed by atoms with Gasteiger partial charge in [-0.1, -0.05) is 77.8 Å². The number of H-pyrrole nitrogens is 6. The summed E-state index contributed by atoms with van der Waals surface area (Å²) in [7, 11) is 1.02. The number of nitrogens with two attached hydrogens (primary N) is 4. The Morgan fingerprint density at radius 1 is 0.351 bits per heavy atom. The van der Waals surface area contributed by atoms with Crippen LogP contribution in [0.5, 0.6) is 0 Å². The monoisotopic (exact) mass is 2340 g/mol. The molecule has 10 aromatic heterocycles. The number of aromatic amines is 6. The van der Waals surface area contributed by atoms with Crippen molar-refractivity contribution in [1.82, 2.24) is 96.8 Å². The summed E-state index contributed by atoms with van der Waals surface area (Å²) in [6, 6.07) is 0. The number of hydrogen-bond donors (Lipinski definition) is 10. The highest BCUT2D eigenvalue weighted by atomic mass is 32.7. The molecule has 14 unspecified atom stereocenters. The van der Waals surface area contributed by atoms with E-state index in [2.05, 4.69) is 64.8 Å². The van der Waals surface area contributed by atoms with Gasteiger partial charge in [-0.2, -0.15) is 19.9 Å². The number of rotatable bonds is 41. The molecular weight excluding hydrogens is 2250 g/mol. The molecule has 28 atom stereocenters. The first kappa shape index (κ1) is 112. The largest absolute Gasteiger partial charge is 0.780 e. The third-order valence-corrected chi connectivity index (χ3v) is 35.4. The number of nitrogens with zero attached hydrogens (tertiary/aromatic N) is 14. The molecule has 0 radical (unpaired) electrons. The van der Waals surface area contributed by atoms with E-state index in [1.54, 1.807) is 13.8 Å². The summed E-state index contributed by atoms with van der Waals surface area (Å²) < 4.78 is 148. The zero-order chi connectivity index (χ0) is 106. The molecule has 0 amide bonds. The van der Waals surface area contributed by atoms with Crippen molar-refractivity contribution in [2.45, 2.75) is 215 Å². The first-order chi connectivity index (χ1) is 69.6. The van der Waals surface area contributed by atoms with Crippen molar-refractivity contribution in [3.63, 3.8) is 0 Å². The molecule has 0 aliphatic carbocycles. The van der Waals surface area contributed by atoms with Gasteiger partial charge < -0.3 is 161 Å². The van der Waals surface area contributed by atoms with Gasteiger partial charge in [-0.05, 0) is 34.1 Å². The molecule has 17 rings (SSSR count). The van der Waals surface area contributed by atoms with Crippen LogP contribution in [0.2, 0.25) is 0 Å². The Morgan fingerprint density at radius 3 is 0.878 bits per heavy atom. The van der Waals surface area contributed by atoms with Gasteiger partial charge in [-0.25, -0.2) is 34.1 Å². The van der Waals surface area contributed by atoms with Gasteiger partial charge in [0.1, 0.15) is 126 Å². The number of anilines is 4. The van der Waals surface area contributed by atoms with Crippen LogP contribution in [-0.4, -0.2) is 229 Å². The summed E-state index contributed by atoms with van der Waals surface area (Å²) in [5.41, 5.74) is 15.1. The van der Waals surface area contributed by atoms with Crippen molar-refractivity contribution in [2.24, 2.45) is 0 Å². The Hall–Kier alpha value is -7.43. The number of imidazole rings is 3. The highest BCUT2D eigenvalue weighted by Gasteiger charge is 2.50. The van der Waals surface area contributed by atoms with Crippen LogP contribution in [0.4, 0.5) is 23.7 Å². The fraction of sp³-hybridized carbons (Fsp3) is 0.569. The summed E-state index contributed by atoms with van der Waals surface area (Å²) in [6.45, 7) is -31.8. The fourth-order valence-corrected chi connectivity index (χ4v) is 26.9. The summed E-state index contributed by atoms with van der Waals surface area (Å²) in [4.78, 5) is 259. The van der Waals surface area contributed by atoms with E-state index in [-0.39, 0.29) is 99.5 Å². The molecule has 148 heavy (non-hydrogen) atoms. The molecule has 7 aliphatic rings. The average Bonchev–Trinajstić information content (AvgIpc) is 1.60. The number of hydrogen-bond acceptors (Lipinski definition) is 56. The lowest BCUT2D eigenvalue weighted by atomic mass is 10.1. The molecular formula is C72H88N24O38P7S7-7. The predicted molar refractivity (Wildman–Crippen MR) is 521 cm³/mol. The molecule has 10 aromatic rings. The Balaban J connectivity index is 0.594. The van der Waals surface area contributed by atoms with Gasteiger partial charge in [0.05, 0.1) is 107 Å². The van der Waals surface area contributed by atoms with E-state index < -0.39 is 298 Å². The normalized spacial score (nSPS) is 29.2. The second-order valence-electron chi connectivity index (χ2n) is 34.3. The fourth-order valence-electron chi connectivity index (χ4n) is 17.2. The number of aryl methyl sites for hydroxylation is 4. The van der Waals surface area contributed by atoms with Crippen LogP contribution in [-0.2, 0) is 184 Å². The quantitative estimate of drug-likeness (QED) is 0.0129. The van der Waals surface area contributed by atoms with E-state index in [0.29, 0.717) is 5.56 Å². The van der Waals surface area contributed by atoms with Crippen molar-refractivity contribution >= 4 is 187 Å². The van der Waals surface area contributed by atoms with Gasteiger partial charge in [-0.15, -0.1) is 0 Å². The van der Waals surface area contributed by atoms with Crippen LogP contribution in [0.1, 0.15) is 124 Å². The lowest BCUT2D eigenvalue weighted by Crippen LogP contribution is -2.34. The second-order valence-corrected chi connectivity index (χ2v) is 53.4. The van der Waals surface area contributed by atoms with Crippen LogP contribution in [0, 0.1) is 27.7 Å². The zero-order valence-electron chi connectivity index (χ0n) is 77.1. The standard InChI is InChI=1S/C72H95N24O38P7S7/c1-7-32-33(8-46(121-32)91-16-29(3)60(97)87-70(91)104)129-136(108,143)115-20-41-35(10-48(123-41)92-17-30(4)61(98)88-71(92)105)130-137(109,144)118-23-44-39(14-52(126-44)96-27-79-55-59(96)83-68(76)86-65(55)102)134-141(113,148)120-24-45-38(13-51(127-45)95-26-78-54-58(95)82-67(75)85-64(54)101)133-140(112,147)117-21-42-36(11-49(124-42)93-18-31(5)62(99)89-72(93)106)131-138(110,145)119-22-43-37(12-50(125-43)94-25-77-53-57(94)81-66(74)84-63(53)100)132-139(111,146)116-19-40-34(128-135(107,142)114-6)9-47(122-40)90-15-28(2)56(73)80-69(90)103/h15-18,25-27,32-52H,7-14,19-24H2,1-6H3,(H,107,142)(H,108,143)(H,109,144)(H,110,145)(H,111,146)(H,112,147)(H,113,148)(H2,73,80,103)(H,87,97,104)(H,88,98,105)(H,89,99,106)(H3,74,81,84,100)(H3,75,82,85,101)(H3,76,83,86,102)/p-7/t32-,33?,34?,35?,36?,37?,38?,39?,40-,41-,42-,43-,44-,45-,46-,47-,48-,49-,50-,51-,52-,135?,136?,137?,138?,139?,140?,141?/m1/s1. The molecule has 808 valence electrons. The minimum absolute atomic E-state index is 0.00959. The maximum Gasteiger partial charge on any atom is 0.351 e. The van der Waals surface area contributed by atoms with E-state index >= 15 is 9.79 Å². The molecule has 0 saturated carbocycles. The third kappa shape index (κ3) is 25.7. The van der Waals surface area contributed by atoms with Gasteiger partial charge in [0.15, 0.2) is 40.3 Å². The van der Waals surface area contributed by atoms with E-state index in [4.69, 9.17) is 203 Å². The highest BCUT2D eigenvalue weighted by molar-refractivity contribution is 8.32. The summed E-state index contributed by atoms with van der Waals surface area (Å²) in [5, 5.41) is 0. The molecule has 7 aliphatic heterocycles. The molecule has 76 heteroatoms. The zero-order valence-corrected chi connectivity index (χ0v) is 89.1. The van der Waals surface area contributed by atoms with Crippen LogP contribution in [0.3, 0.4) is 0 Å². The van der Waals surface area contributed by atoms with Crippen molar-refractivity contribution in [2.75, 3.05) is 69.7 Å². The van der Waals surface area contributed by atoms with Crippen LogP contribution in [0.25, 0.3) is 33.5 Å². The first-order valence-corrected chi connectivity index (χ1v) is 62.0. The van der Waals surface area contributed by atoms with Crippen LogP contribution in [0.15, 0.2) is 91.7 Å². The van der Waals surface area contributed by atoms with Crippen molar-refractivity contribution < 1.29 is 130 Å². The van der Waals surface area contributed by atoms with E-state index in [9.17, 15) is 72.1 Å². The van der Waals surface area contributed by atoms with Gasteiger partial charge in [-0.3, -0.25) is 95.2 Å². The van der Waals surface area contributed by atoms with Crippen molar-refractivity contribution in [1.29, 1.82) is 0 Å². The van der Waals surface area contributed by atoms with Crippen molar-refractivity contribution in [3.8, 4) is 0 Å². The Morgan fingerprint density at radius 2 is 0.595 bits per heavy atom. The lowest BCUT2D eigenvalue weighted by Gasteiger charge is -2.36. The maximum atomic E-state index is 15.1.